The minimum atomic E-state index is 0.248. The highest BCUT2D eigenvalue weighted by Gasteiger charge is 2.25. The Hall–Kier alpha value is -0.0800. The summed E-state index contributed by atoms with van der Waals surface area (Å²) in [6.45, 7) is 8.52. The van der Waals surface area contributed by atoms with Crippen LogP contribution in [0, 0.1) is 11.3 Å². The highest BCUT2D eigenvalue weighted by molar-refractivity contribution is 4.80. The minimum Gasteiger partial charge on any atom is -0.381 e. The Balaban J connectivity index is 2.30. The average molecular weight is 185 g/mol. The highest BCUT2D eigenvalue weighted by Crippen LogP contribution is 2.27. The number of rotatable bonds is 2. The number of nitrogens with two attached hydrogens (primary N) is 1. The topological polar surface area (TPSA) is 35.2 Å². The fourth-order valence-corrected chi connectivity index (χ4v) is 1.69. The molecule has 13 heavy (non-hydrogen) atoms. The molecule has 1 fully saturated rings. The molecule has 1 aliphatic heterocycles. The second-order valence-corrected chi connectivity index (χ2v) is 5.26. The molecule has 0 aromatic carbocycles. The molecule has 0 bridgehead atoms. The van der Waals surface area contributed by atoms with E-state index in [1.165, 1.54) is 12.8 Å². The molecule has 0 saturated carbocycles. The van der Waals surface area contributed by atoms with E-state index in [0.29, 0.717) is 6.04 Å². The Morgan fingerprint density at radius 1 is 1.31 bits per heavy atom. The molecule has 1 rings (SSSR count). The van der Waals surface area contributed by atoms with Crippen LogP contribution in [0.4, 0.5) is 0 Å². The van der Waals surface area contributed by atoms with Crippen molar-refractivity contribution in [2.24, 2.45) is 17.1 Å². The molecule has 78 valence electrons. The van der Waals surface area contributed by atoms with Crippen LogP contribution in [-0.2, 0) is 4.74 Å². The first-order chi connectivity index (χ1) is 6.00. The van der Waals surface area contributed by atoms with Gasteiger partial charge in [0, 0.05) is 19.3 Å². The van der Waals surface area contributed by atoms with Gasteiger partial charge in [-0.3, -0.25) is 0 Å². The lowest BCUT2D eigenvalue weighted by Crippen LogP contribution is -2.37. The summed E-state index contributed by atoms with van der Waals surface area (Å²) >= 11 is 0. The Bertz CT molecular complexity index is 145. The molecule has 1 aliphatic rings. The summed E-state index contributed by atoms with van der Waals surface area (Å²) < 4.78 is 5.33. The fourth-order valence-electron chi connectivity index (χ4n) is 1.69. The van der Waals surface area contributed by atoms with E-state index < -0.39 is 0 Å². The van der Waals surface area contributed by atoms with Gasteiger partial charge in [-0.1, -0.05) is 20.8 Å². The third-order valence-electron chi connectivity index (χ3n) is 3.04. The Kier molecular flexibility index (Phi) is 3.74. The summed E-state index contributed by atoms with van der Waals surface area (Å²) in [4.78, 5) is 0. The molecule has 1 atom stereocenters. The zero-order chi connectivity index (χ0) is 9.90. The molecule has 0 spiro atoms. The number of hydrogen-bond acceptors (Lipinski definition) is 2. The van der Waals surface area contributed by atoms with Gasteiger partial charge in [-0.05, 0) is 30.6 Å². The van der Waals surface area contributed by atoms with Crippen LogP contribution in [0.2, 0.25) is 0 Å². The SMILES string of the molecule is CC(C)(C)C(N)CC1CCOCC1. The van der Waals surface area contributed by atoms with Crippen molar-refractivity contribution in [3.63, 3.8) is 0 Å². The molecule has 0 aliphatic carbocycles. The molecular weight excluding hydrogens is 162 g/mol. The smallest absolute Gasteiger partial charge is 0.0468 e. The van der Waals surface area contributed by atoms with Gasteiger partial charge in [0.1, 0.15) is 0 Å². The Morgan fingerprint density at radius 3 is 2.31 bits per heavy atom. The zero-order valence-corrected chi connectivity index (χ0v) is 9.18. The van der Waals surface area contributed by atoms with Crippen molar-refractivity contribution >= 4 is 0 Å². The third kappa shape index (κ3) is 3.65. The normalized spacial score (nSPS) is 23.1. The van der Waals surface area contributed by atoms with Crippen LogP contribution in [0.3, 0.4) is 0 Å². The highest BCUT2D eigenvalue weighted by atomic mass is 16.5. The molecule has 2 heteroatoms. The van der Waals surface area contributed by atoms with Gasteiger partial charge in [0.05, 0.1) is 0 Å². The zero-order valence-electron chi connectivity index (χ0n) is 9.18. The van der Waals surface area contributed by atoms with Crippen molar-refractivity contribution in [3.8, 4) is 0 Å². The first kappa shape index (κ1) is 11.0. The van der Waals surface area contributed by atoms with Crippen LogP contribution in [0.5, 0.6) is 0 Å². The van der Waals surface area contributed by atoms with E-state index in [9.17, 15) is 0 Å². The second kappa shape index (κ2) is 4.43. The van der Waals surface area contributed by atoms with Crippen LogP contribution in [0.25, 0.3) is 0 Å². The van der Waals surface area contributed by atoms with Gasteiger partial charge >= 0.3 is 0 Å². The van der Waals surface area contributed by atoms with E-state index in [1.54, 1.807) is 0 Å². The lowest BCUT2D eigenvalue weighted by atomic mass is 9.80. The van der Waals surface area contributed by atoms with Crippen molar-refractivity contribution in [2.75, 3.05) is 13.2 Å². The molecule has 2 nitrogen and oxygen atoms in total. The maximum atomic E-state index is 6.14. The summed E-state index contributed by atoms with van der Waals surface area (Å²) in [6, 6.07) is 0.329. The lowest BCUT2D eigenvalue weighted by molar-refractivity contribution is 0.0574. The molecule has 2 N–H and O–H groups in total. The summed E-state index contributed by atoms with van der Waals surface area (Å²) in [7, 11) is 0. The first-order valence-corrected chi connectivity index (χ1v) is 5.33. The summed E-state index contributed by atoms with van der Waals surface area (Å²) in [6.07, 6.45) is 3.56. The minimum absolute atomic E-state index is 0.248. The van der Waals surface area contributed by atoms with E-state index in [4.69, 9.17) is 10.5 Å². The fraction of sp³-hybridized carbons (Fsp3) is 1.00. The molecule has 0 amide bonds. The van der Waals surface area contributed by atoms with E-state index >= 15 is 0 Å². The maximum absolute atomic E-state index is 6.14. The summed E-state index contributed by atoms with van der Waals surface area (Å²) in [5.41, 5.74) is 6.39. The van der Waals surface area contributed by atoms with Gasteiger partial charge in [0.25, 0.3) is 0 Å². The van der Waals surface area contributed by atoms with Crippen LogP contribution in [-0.4, -0.2) is 19.3 Å². The van der Waals surface area contributed by atoms with Crippen molar-refractivity contribution in [2.45, 2.75) is 46.1 Å². The number of hydrogen-bond donors (Lipinski definition) is 1. The van der Waals surface area contributed by atoms with E-state index in [2.05, 4.69) is 20.8 Å². The third-order valence-corrected chi connectivity index (χ3v) is 3.04. The van der Waals surface area contributed by atoms with Gasteiger partial charge in [-0.2, -0.15) is 0 Å². The Labute approximate surface area is 81.8 Å². The van der Waals surface area contributed by atoms with Crippen LogP contribution in [0.15, 0.2) is 0 Å². The van der Waals surface area contributed by atoms with Crippen molar-refractivity contribution in [3.05, 3.63) is 0 Å². The number of ether oxygens (including phenoxy) is 1. The monoisotopic (exact) mass is 185 g/mol. The standard InChI is InChI=1S/C11H23NO/c1-11(2,3)10(12)8-9-4-6-13-7-5-9/h9-10H,4-8,12H2,1-3H3. The van der Waals surface area contributed by atoms with Crippen LogP contribution < -0.4 is 5.73 Å². The van der Waals surface area contributed by atoms with E-state index in [1.807, 2.05) is 0 Å². The van der Waals surface area contributed by atoms with E-state index in [-0.39, 0.29) is 5.41 Å². The van der Waals surface area contributed by atoms with Crippen LogP contribution >= 0.6 is 0 Å². The second-order valence-electron chi connectivity index (χ2n) is 5.26. The molecule has 1 unspecified atom stereocenters. The molecule has 0 aromatic heterocycles. The van der Waals surface area contributed by atoms with Crippen molar-refractivity contribution < 1.29 is 4.74 Å². The predicted molar refractivity (Wildman–Crippen MR) is 55.6 cm³/mol. The first-order valence-electron chi connectivity index (χ1n) is 5.33. The van der Waals surface area contributed by atoms with Gasteiger partial charge < -0.3 is 10.5 Å². The van der Waals surface area contributed by atoms with Gasteiger partial charge in [0.2, 0.25) is 0 Å². The van der Waals surface area contributed by atoms with Gasteiger partial charge in [-0.15, -0.1) is 0 Å². The molecule has 1 heterocycles. The average Bonchev–Trinajstić information content (AvgIpc) is 2.04. The Morgan fingerprint density at radius 2 is 1.85 bits per heavy atom. The lowest BCUT2D eigenvalue weighted by Gasteiger charge is -2.32. The van der Waals surface area contributed by atoms with Crippen molar-refractivity contribution in [1.29, 1.82) is 0 Å². The quantitative estimate of drug-likeness (QED) is 0.715. The van der Waals surface area contributed by atoms with Crippen molar-refractivity contribution in [1.82, 2.24) is 0 Å². The van der Waals surface area contributed by atoms with E-state index in [0.717, 1.165) is 25.6 Å². The van der Waals surface area contributed by atoms with Crippen LogP contribution in [0.1, 0.15) is 40.0 Å². The largest absolute Gasteiger partial charge is 0.381 e. The summed E-state index contributed by atoms with van der Waals surface area (Å²) in [5, 5.41) is 0. The predicted octanol–water partition coefficient (Wildman–Crippen LogP) is 2.18. The molecule has 0 radical (unpaired) electrons. The maximum Gasteiger partial charge on any atom is 0.0468 e. The van der Waals surface area contributed by atoms with Gasteiger partial charge in [-0.25, -0.2) is 0 Å². The van der Waals surface area contributed by atoms with Gasteiger partial charge in [0.15, 0.2) is 0 Å². The molecular formula is C11H23NO. The molecule has 0 aromatic rings. The molecule has 1 saturated heterocycles. The summed E-state index contributed by atoms with van der Waals surface area (Å²) in [5.74, 6) is 0.794.